The van der Waals surface area contributed by atoms with Gasteiger partial charge in [-0.2, -0.15) is 5.10 Å². The third-order valence-corrected chi connectivity index (χ3v) is 10.6. The number of rotatable bonds is 5. The van der Waals surface area contributed by atoms with Crippen molar-refractivity contribution in [1.29, 1.82) is 0 Å². The number of pyridine rings is 1. The van der Waals surface area contributed by atoms with Crippen LogP contribution in [0.15, 0.2) is 12.4 Å². The number of anilines is 4. The monoisotopic (exact) mass is 594 g/mol. The van der Waals surface area contributed by atoms with Gasteiger partial charge in [0.05, 0.1) is 29.7 Å². The molecule has 5 aliphatic rings. The summed E-state index contributed by atoms with van der Waals surface area (Å²) >= 11 is 0. The molecule has 0 aromatic carbocycles. The largest absolute Gasteiger partial charge is 0.381 e. The first kappa shape index (κ1) is 28.8. The minimum atomic E-state index is -1.09. The molecule has 2 aromatic rings. The van der Waals surface area contributed by atoms with E-state index in [0.717, 1.165) is 90.0 Å². The first-order valence-corrected chi connectivity index (χ1v) is 16.7. The average Bonchev–Trinajstić information content (AvgIpc) is 3.60. The van der Waals surface area contributed by atoms with Gasteiger partial charge in [0.15, 0.2) is 5.82 Å². The lowest BCUT2D eigenvalue weighted by Gasteiger charge is -2.42. The summed E-state index contributed by atoms with van der Waals surface area (Å²) in [5, 5.41) is 11.1. The van der Waals surface area contributed by atoms with Crippen molar-refractivity contribution in [3.63, 3.8) is 0 Å². The average molecular weight is 595 g/mol. The SMILES string of the molecule is Nc1nn2c(c1C(=O)Nc1cncc(C3CC3)c1N1CCN([C@@H]3CCOC3)CC1)NCC(F)C21CCCCCCCCC1. The molecule has 1 unspecified atom stereocenters. The molecule has 0 bridgehead atoms. The molecule has 234 valence electrons. The molecule has 2 saturated carbocycles. The Labute approximate surface area is 253 Å². The number of hydrogen-bond donors (Lipinski definition) is 3. The van der Waals surface area contributed by atoms with Crippen LogP contribution >= 0.6 is 0 Å². The van der Waals surface area contributed by atoms with Gasteiger partial charge in [-0.1, -0.05) is 44.9 Å². The van der Waals surface area contributed by atoms with Crippen molar-refractivity contribution < 1.29 is 13.9 Å². The quantitative estimate of drug-likeness (QED) is 0.449. The van der Waals surface area contributed by atoms with Crippen LogP contribution in [-0.2, 0) is 10.3 Å². The number of nitrogens with one attached hydrogen (secondary N) is 2. The first-order valence-electron chi connectivity index (χ1n) is 16.7. The summed E-state index contributed by atoms with van der Waals surface area (Å²) in [7, 11) is 0. The Hall–Kier alpha value is -2.92. The summed E-state index contributed by atoms with van der Waals surface area (Å²) in [6.45, 7) is 5.53. The van der Waals surface area contributed by atoms with Crippen molar-refractivity contribution in [2.24, 2.45) is 0 Å². The summed E-state index contributed by atoms with van der Waals surface area (Å²) in [5.74, 6) is 0.841. The molecule has 4 fully saturated rings. The highest BCUT2D eigenvalue weighted by Gasteiger charge is 2.47. The van der Waals surface area contributed by atoms with Gasteiger partial charge in [0.1, 0.15) is 17.6 Å². The molecule has 0 radical (unpaired) electrons. The standard InChI is InChI=1S/C32H47FN8O2/c33-26-20-36-30-27(29(34)38-41(30)32(26)11-6-4-2-1-3-5-7-12-32)31(42)37-25-19-35-18-24(22-8-9-22)28(25)40-15-13-39(14-16-40)23-10-17-43-21-23/h18-19,22-23,26,36H,1-17,20-21H2,(H2,34,38)(H,37,42)/t23-,26?/m1/s1. The van der Waals surface area contributed by atoms with E-state index >= 15 is 4.39 Å². The highest BCUT2D eigenvalue weighted by molar-refractivity contribution is 6.12. The number of halogens is 1. The maximum Gasteiger partial charge on any atom is 0.263 e. The van der Waals surface area contributed by atoms with Gasteiger partial charge < -0.3 is 26.0 Å². The number of fused-ring (bicyclic) bond motifs is 2. The van der Waals surface area contributed by atoms with Gasteiger partial charge in [0, 0.05) is 51.6 Å². The number of nitrogens with zero attached hydrogens (tertiary/aromatic N) is 5. The van der Waals surface area contributed by atoms with E-state index in [9.17, 15) is 4.79 Å². The molecule has 7 rings (SSSR count). The second-order valence-corrected chi connectivity index (χ2v) is 13.3. The molecule has 11 heteroatoms. The van der Waals surface area contributed by atoms with E-state index in [1.807, 2.05) is 6.20 Å². The van der Waals surface area contributed by atoms with Crippen LogP contribution in [-0.4, -0.2) is 83.7 Å². The van der Waals surface area contributed by atoms with Crippen LogP contribution in [0.1, 0.15) is 98.9 Å². The van der Waals surface area contributed by atoms with Crippen LogP contribution < -0.4 is 21.3 Å². The van der Waals surface area contributed by atoms with Crippen molar-refractivity contribution in [1.82, 2.24) is 19.7 Å². The number of nitrogen functional groups attached to an aromatic ring is 1. The Balaban J connectivity index is 1.16. The van der Waals surface area contributed by atoms with Crippen LogP contribution in [0, 0.1) is 0 Å². The fraction of sp³-hybridized carbons (Fsp3) is 0.719. The Morgan fingerprint density at radius 1 is 1.02 bits per heavy atom. The molecule has 10 nitrogen and oxygen atoms in total. The summed E-state index contributed by atoms with van der Waals surface area (Å²) < 4.78 is 23.2. The third-order valence-electron chi connectivity index (χ3n) is 10.6. The molecule has 5 heterocycles. The van der Waals surface area contributed by atoms with Crippen LogP contribution in [0.2, 0.25) is 0 Å². The van der Waals surface area contributed by atoms with E-state index < -0.39 is 11.7 Å². The lowest BCUT2D eigenvalue weighted by Crippen LogP contribution is -2.51. The van der Waals surface area contributed by atoms with Gasteiger partial charge in [0.2, 0.25) is 0 Å². The normalized spacial score (nSPS) is 26.6. The van der Waals surface area contributed by atoms with Gasteiger partial charge in [-0.3, -0.25) is 14.7 Å². The first-order chi connectivity index (χ1) is 21.0. The third kappa shape index (κ3) is 5.59. The predicted octanol–water partition coefficient (Wildman–Crippen LogP) is 4.88. The maximum absolute atomic E-state index is 15.9. The number of piperazine rings is 1. The molecule has 2 aliphatic carbocycles. The number of carbonyl (C=O) groups excluding carboxylic acids is 1. The second-order valence-electron chi connectivity index (χ2n) is 13.3. The van der Waals surface area contributed by atoms with E-state index in [4.69, 9.17) is 10.5 Å². The van der Waals surface area contributed by atoms with Gasteiger partial charge >= 0.3 is 0 Å². The lowest BCUT2D eigenvalue weighted by molar-refractivity contribution is 0.0721. The summed E-state index contributed by atoms with van der Waals surface area (Å²) in [6.07, 6.45) is 15.2. The number of alkyl halides is 1. The van der Waals surface area contributed by atoms with Crippen LogP contribution in [0.4, 0.5) is 27.4 Å². The van der Waals surface area contributed by atoms with Crippen LogP contribution in [0.5, 0.6) is 0 Å². The molecule has 3 aliphatic heterocycles. The fourth-order valence-electron chi connectivity index (χ4n) is 7.96. The van der Waals surface area contributed by atoms with Crippen molar-refractivity contribution in [3.05, 3.63) is 23.5 Å². The number of hydrogen-bond acceptors (Lipinski definition) is 8. The predicted molar refractivity (Wildman–Crippen MR) is 167 cm³/mol. The molecule has 2 atom stereocenters. The van der Waals surface area contributed by atoms with E-state index in [-0.39, 0.29) is 18.3 Å². The Morgan fingerprint density at radius 3 is 2.42 bits per heavy atom. The lowest BCUT2D eigenvalue weighted by atomic mass is 9.80. The van der Waals surface area contributed by atoms with E-state index in [1.54, 1.807) is 10.9 Å². The van der Waals surface area contributed by atoms with Crippen LogP contribution in [0.25, 0.3) is 0 Å². The summed E-state index contributed by atoms with van der Waals surface area (Å²) in [5.41, 5.74) is 9.01. The van der Waals surface area contributed by atoms with Crippen molar-refractivity contribution in [2.45, 2.75) is 101 Å². The van der Waals surface area contributed by atoms with Crippen LogP contribution in [0.3, 0.4) is 0 Å². The number of nitrogens with two attached hydrogens (primary N) is 1. The zero-order chi connectivity index (χ0) is 29.4. The highest BCUT2D eigenvalue weighted by atomic mass is 19.1. The Kier molecular flexibility index (Phi) is 8.20. The number of carbonyl (C=O) groups is 1. The molecular formula is C32H47FN8O2. The summed E-state index contributed by atoms with van der Waals surface area (Å²) in [6, 6.07) is 0.504. The van der Waals surface area contributed by atoms with Gasteiger partial charge in [-0.15, -0.1) is 0 Å². The molecule has 1 amide bonds. The minimum absolute atomic E-state index is 0.144. The van der Waals surface area contributed by atoms with Gasteiger partial charge in [-0.05, 0) is 43.6 Å². The number of ether oxygens (including phenoxy) is 1. The fourth-order valence-corrected chi connectivity index (χ4v) is 7.96. The molecule has 2 saturated heterocycles. The Morgan fingerprint density at radius 2 is 1.74 bits per heavy atom. The van der Waals surface area contributed by atoms with Gasteiger partial charge in [-0.25, -0.2) is 9.07 Å². The number of amides is 1. The van der Waals surface area contributed by atoms with Crippen molar-refractivity contribution >= 4 is 28.9 Å². The molecular weight excluding hydrogens is 547 g/mol. The van der Waals surface area contributed by atoms with E-state index in [1.165, 1.54) is 24.8 Å². The maximum atomic E-state index is 15.9. The van der Waals surface area contributed by atoms with Crippen molar-refractivity contribution in [2.75, 3.05) is 67.2 Å². The molecule has 43 heavy (non-hydrogen) atoms. The second kappa shape index (κ2) is 12.2. The molecule has 1 spiro atoms. The van der Waals surface area contributed by atoms with E-state index in [2.05, 4.69) is 30.5 Å². The zero-order valence-corrected chi connectivity index (χ0v) is 25.3. The van der Waals surface area contributed by atoms with Crippen molar-refractivity contribution in [3.8, 4) is 0 Å². The topological polar surface area (TPSA) is 114 Å². The Bertz CT molecular complexity index is 1290. The molecule has 2 aromatic heterocycles. The number of aromatic nitrogens is 3. The zero-order valence-electron chi connectivity index (χ0n) is 25.3. The minimum Gasteiger partial charge on any atom is -0.381 e. The highest BCUT2D eigenvalue weighted by Crippen LogP contribution is 2.47. The summed E-state index contributed by atoms with van der Waals surface area (Å²) in [4.78, 5) is 23.6. The molecule has 4 N–H and O–H groups in total. The van der Waals surface area contributed by atoms with Gasteiger partial charge in [0.25, 0.3) is 5.91 Å². The van der Waals surface area contributed by atoms with E-state index in [0.29, 0.717) is 41.9 Å². The smallest absolute Gasteiger partial charge is 0.263 e.